The first-order valence-electron chi connectivity index (χ1n) is 8.86. The van der Waals surface area contributed by atoms with E-state index < -0.39 is 22.8 Å². The Hall–Kier alpha value is -4.05. The molecule has 4 amide bonds. The Morgan fingerprint density at radius 2 is 1.77 bits per heavy atom. The number of halogens is 1. The van der Waals surface area contributed by atoms with E-state index in [0.717, 1.165) is 4.90 Å². The van der Waals surface area contributed by atoms with E-state index in [1.807, 2.05) is 0 Å². The van der Waals surface area contributed by atoms with E-state index in [9.17, 15) is 24.5 Å². The van der Waals surface area contributed by atoms with Crippen molar-refractivity contribution in [2.45, 2.75) is 0 Å². The molecular formula is C21H12BrN3O6. The van der Waals surface area contributed by atoms with E-state index in [4.69, 9.17) is 4.42 Å². The second-order valence-corrected chi connectivity index (χ2v) is 7.27. The third kappa shape index (κ3) is 3.88. The van der Waals surface area contributed by atoms with Gasteiger partial charge in [0, 0.05) is 22.2 Å². The molecule has 0 radical (unpaired) electrons. The lowest BCUT2D eigenvalue weighted by Crippen LogP contribution is -2.54. The Bertz CT molecular complexity index is 1270. The van der Waals surface area contributed by atoms with Crippen LogP contribution in [0.5, 0.6) is 0 Å². The van der Waals surface area contributed by atoms with Gasteiger partial charge in [0.05, 0.1) is 10.6 Å². The fourth-order valence-electron chi connectivity index (χ4n) is 3.00. The van der Waals surface area contributed by atoms with Crippen LogP contribution in [0, 0.1) is 10.1 Å². The third-order valence-electron chi connectivity index (χ3n) is 4.46. The van der Waals surface area contributed by atoms with Gasteiger partial charge in [-0.05, 0) is 52.3 Å². The number of nitro benzene ring substituents is 1. The van der Waals surface area contributed by atoms with Gasteiger partial charge in [0.1, 0.15) is 17.1 Å². The van der Waals surface area contributed by atoms with Gasteiger partial charge in [0.15, 0.2) is 0 Å². The first-order chi connectivity index (χ1) is 14.8. The van der Waals surface area contributed by atoms with Crippen molar-refractivity contribution in [3.8, 4) is 11.3 Å². The zero-order chi connectivity index (χ0) is 22.1. The van der Waals surface area contributed by atoms with Crippen molar-refractivity contribution in [1.82, 2.24) is 5.32 Å². The second-order valence-electron chi connectivity index (χ2n) is 6.42. The summed E-state index contributed by atoms with van der Waals surface area (Å²) >= 11 is 3.28. The molecule has 10 heteroatoms. The maximum atomic E-state index is 12.8. The van der Waals surface area contributed by atoms with Gasteiger partial charge in [0.25, 0.3) is 17.5 Å². The fraction of sp³-hybridized carbons (Fsp3) is 0. The number of carbonyl (C=O) groups excluding carboxylic acids is 3. The average molecular weight is 482 g/mol. The van der Waals surface area contributed by atoms with Gasteiger partial charge < -0.3 is 4.42 Å². The number of barbiturate groups is 1. The summed E-state index contributed by atoms with van der Waals surface area (Å²) in [5.74, 6) is -1.06. The molecule has 0 bridgehead atoms. The van der Waals surface area contributed by atoms with E-state index in [1.165, 1.54) is 24.3 Å². The van der Waals surface area contributed by atoms with E-state index >= 15 is 0 Å². The summed E-state index contributed by atoms with van der Waals surface area (Å²) in [6.07, 6.45) is 1.24. The number of rotatable bonds is 4. The first kappa shape index (κ1) is 20.2. The summed E-state index contributed by atoms with van der Waals surface area (Å²) in [6, 6.07) is 14.7. The van der Waals surface area contributed by atoms with Crippen molar-refractivity contribution in [2.24, 2.45) is 0 Å². The van der Waals surface area contributed by atoms with E-state index in [1.54, 1.807) is 42.5 Å². The Morgan fingerprint density at radius 3 is 2.45 bits per heavy atom. The van der Waals surface area contributed by atoms with Crippen molar-refractivity contribution in [1.29, 1.82) is 0 Å². The van der Waals surface area contributed by atoms with Crippen LogP contribution in [0.25, 0.3) is 17.4 Å². The molecule has 4 rings (SSSR count). The molecule has 0 saturated carbocycles. The number of imide groups is 2. The van der Waals surface area contributed by atoms with Gasteiger partial charge in [-0.25, -0.2) is 9.69 Å². The normalized spacial score (nSPS) is 15.3. The number of anilines is 1. The number of nitro groups is 1. The molecule has 9 nitrogen and oxygen atoms in total. The summed E-state index contributed by atoms with van der Waals surface area (Å²) in [5.41, 5.74) is 0.515. The molecule has 0 unspecified atom stereocenters. The van der Waals surface area contributed by atoms with Crippen LogP contribution in [0.3, 0.4) is 0 Å². The second kappa shape index (κ2) is 8.00. The molecule has 3 aromatic rings. The average Bonchev–Trinajstić information content (AvgIpc) is 3.20. The lowest BCUT2D eigenvalue weighted by molar-refractivity contribution is -0.384. The van der Waals surface area contributed by atoms with Crippen molar-refractivity contribution in [3.63, 3.8) is 0 Å². The van der Waals surface area contributed by atoms with Gasteiger partial charge in [-0.1, -0.05) is 18.2 Å². The summed E-state index contributed by atoms with van der Waals surface area (Å²) in [5, 5.41) is 13.0. The highest BCUT2D eigenvalue weighted by Crippen LogP contribution is 2.33. The molecule has 1 aliphatic rings. The number of urea groups is 1. The maximum absolute atomic E-state index is 12.8. The van der Waals surface area contributed by atoms with Gasteiger partial charge >= 0.3 is 6.03 Å². The minimum absolute atomic E-state index is 0.0836. The SMILES string of the molecule is O=C1NC(=O)N(c2ccccc2)C(=O)/C1=C\c1ccc(-c2ccc([N+](=O)[O-])cc2Br)o1. The Morgan fingerprint density at radius 1 is 1.03 bits per heavy atom. The van der Waals surface area contributed by atoms with Crippen molar-refractivity contribution >= 4 is 51.2 Å². The highest BCUT2D eigenvalue weighted by atomic mass is 79.9. The topological polar surface area (TPSA) is 123 Å². The lowest BCUT2D eigenvalue weighted by Gasteiger charge is -2.26. The maximum Gasteiger partial charge on any atom is 0.335 e. The number of nitrogens with one attached hydrogen (secondary N) is 1. The number of nitrogens with zero attached hydrogens (tertiary/aromatic N) is 2. The summed E-state index contributed by atoms with van der Waals surface area (Å²) < 4.78 is 6.15. The number of para-hydroxylation sites is 1. The van der Waals surface area contributed by atoms with Crippen molar-refractivity contribution in [3.05, 3.63) is 86.6 Å². The Balaban J connectivity index is 1.67. The molecule has 1 fully saturated rings. The molecule has 0 atom stereocenters. The molecule has 0 spiro atoms. The Labute approximate surface area is 183 Å². The van der Waals surface area contributed by atoms with Crippen LogP contribution in [0.4, 0.5) is 16.2 Å². The summed E-state index contributed by atoms with van der Waals surface area (Å²) in [7, 11) is 0. The van der Waals surface area contributed by atoms with E-state index in [-0.39, 0.29) is 17.0 Å². The predicted molar refractivity (Wildman–Crippen MR) is 114 cm³/mol. The minimum Gasteiger partial charge on any atom is -0.457 e. The monoisotopic (exact) mass is 481 g/mol. The zero-order valence-electron chi connectivity index (χ0n) is 15.6. The molecular weight excluding hydrogens is 470 g/mol. The van der Waals surface area contributed by atoms with Crippen LogP contribution in [0.2, 0.25) is 0 Å². The molecule has 2 heterocycles. The van der Waals surface area contributed by atoms with Crippen LogP contribution in [0.15, 0.2) is 75.1 Å². The van der Waals surface area contributed by atoms with Gasteiger partial charge in [-0.15, -0.1) is 0 Å². The first-order valence-corrected chi connectivity index (χ1v) is 9.65. The van der Waals surface area contributed by atoms with Crippen LogP contribution >= 0.6 is 15.9 Å². The highest BCUT2D eigenvalue weighted by molar-refractivity contribution is 9.10. The number of non-ortho nitro benzene ring substituents is 1. The molecule has 31 heavy (non-hydrogen) atoms. The minimum atomic E-state index is -0.840. The van der Waals surface area contributed by atoms with Gasteiger partial charge in [-0.3, -0.25) is 25.0 Å². The predicted octanol–water partition coefficient (Wildman–Crippen LogP) is 4.28. The number of hydrogen-bond acceptors (Lipinski definition) is 6. The molecule has 1 saturated heterocycles. The largest absolute Gasteiger partial charge is 0.457 e. The van der Waals surface area contributed by atoms with Crippen LogP contribution in [0.1, 0.15) is 5.76 Å². The van der Waals surface area contributed by atoms with Crippen LogP contribution < -0.4 is 10.2 Å². The molecule has 1 aromatic heterocycles. The van der Waals surface area contributed by atoms with Crippen LogP contribution in [-0.2, 0) is 9.59 Å². The number of amides is 4. The molecule has 2 aromatic carbocycles. The quantitative estimate of drug-likeness (QED) is 0.256. The molecule has 1 N–H and O–H groups in total. The molecule has 154 valence electrons. The van der Waals surface area contributed by atoms with Crippen LogP contribution in [-0.4, -0.2) is 22.8 Å². The fourth-order valence-corrected chi connectivity index (χ4v) is 3.57. The Kier molecular flexibility index (Phi) is 5.22. The summed E-state index contributed by atoms with van der Waals surface area (Å²) in [6.45, 7) is 0. The third-order valence-corrected chi connectivity index (χ3v) is 5.11. The summed E-state index contributed by atoms with van der Waals surface area (Å²) in [4.78, 5) is 48.5. The lowest BCUT2D eigenvalue weighted by atomic mass is 10.1. The van der Waals surface area contributed by atoms with E-state index in [0.29, 0.717) is 21.5 Å². The number of hydrogen-bond donors (Lipinski definition) is 1. The smallest absolute Gasteiger partial charge is 0.335 e. The van der Waals surface area contributed by atoms with Crippen molar-refractivity contribution in [2.75, 3.05) is 4.90 Å². The van der Waals surface area contributed by atoms with Gasteiger partial charge in [-0.2, -0.15) is 0 Å². The van der Waals surface area contributed by atoms with E-state index in [2.05, 4.69) is 21.2 Å². The number of furan rings is 1. The number of carbonyl (C=O) groups is 3. The molecule has 0 aliphatic carbocycles. The highest BCUT2D eigenvalue weighted by Gasteiger charge is 2.37. The van der Waals surface area contributed by atoms with Gasteiger partial charge in [0.2, 0.25) is 0 Å². The standard InChI is InChI=1S/C21H12BrN3O6/c22-17-10-13(25(29)30)6-8-15(17)18-9-7-14(31-18)11-16-19(26)23-21(28)24(20(16)27)12-4-2-1-3-5-12/h1-11H,(H,23,26,28)/b16-11-. The van der Waals surface area contributed by atoms with Crippen molar-refractivity contribution < 1.29 is 23.7 Å². The molecule has 1 aliphatic heterocycles. The number of benzene rings is 2. The zero-order valence-corrected chi connectivity index (χ0v) is 17.2.